The van der Waals surface area contributed by atoms with Gasteiger partial charge in [-0.15, -0.1) is 10.2 Å². The number of aryl methyl sites for hydroxylation is 1. The van der Waals surface area contributed by atoms with Gasteiger partial charge in [0.05, 0.1) is 5.69 Å². The van der Waals surface area contributed by atoms with Crippen LogP contribution in [0.2, 0.25) is 5.02 Å². The lowest BCUT2D eigenvalue weighted by Gasteiger charge is -2.20. The Labute approximate surface area is 163 Å². The van der Waals surface area contributed by atoms with Crippen molar-refractivity contribution in [3.8, 4) is 5.69 Å². The maximum atomic E-state index is 12.4. The molecule has 2 heterocycles. The second kappa shape index (κ2) is 6.70. The molecule has 1 amide bonds. The molecule has 4 rings (SSSR count). The van der Waals surface area contributed by atoms with Gasteiger partial charge in [0.25, 0.3) is 5.91 Å². The number of fused-ring (bicyclic) bond motifs is 1. The van der Waals surface area contributed by atoms with Gasteiger partial charge in [-0.2, -0.15) is 0 Å². The molecule has 138 valence electrons. The summed E-state index contributed by atoms with van der Waals surface area (Å²) in [7, 11) is 3.52. The minimum atomic E-state index is -0.0139. The number of aromatic nitrogens is 3. The number of hydrogen-bond acceptors (Lipinski definition) is 4. The largest absolute Gasteiger partial charge is 0.345 e. The number of carbonyl (C=O) groups is 1. The van der Waals surface area contributed by atoms with Crippen LogP contribution in [0.4, 0.5) is 11.6 Å². The van der Waals surface area contributed by atoms with Gasteiger partial charge in [0.15, 0.2) is 0 Å². The lowest BCUT2D eigenvalue weighted by molar-refractivity contribution is 0.0827. The molecule has 0 fully saturated rings. The van der Waals surface area contributed by atoms with Gasteiger partial charge < -0.3 is 9.80 Å². The third-order valence-electron chi connectivity index (χ3n) is 4.77. The molecule has 6 nitrogen and oxygen atoms in total. The summed E-state index contributed by atoms with van der Waals surface area (Å²) in [6.07, 6.45) is 0.901. The lowest BCUT2D eigenvalue weighted by Crippen LogP contribution is -2.22. The van der Waals surface area contributed by atoms with Crippen LogP contribution in [0.3, 0.4) is 0 Å². The Hall–Kier alpha value is -2.86. The minimum absolute atomic E-state index is 0.0139. The maximum absolute atomic E-state index is 12.4. The summed E-state index contributed by atoms with van der Waals surface area (Å²) in [6.45, 7) is 2.72. The fourth-order valence-electron chi connectivity index (χ4n) is 3.40. The topological polar surface area (TPSA) is 54.3 Å². The van der Waals surface area contributed by atoms with E-state index in [9.17, 15) is 4.79 Å². The van der Waals surface area contributed by atoms with E-state index >= 15 is 0 Å². The van der Waals surface area contributed by atoms with Crippen LogP contribution in [0, 0.1) is 6.92 Å². The molecule has 3 aromatic rings. The summed E-state index contributed by atoms with van der Waals surface area (Å²) in [5, 5.41) is 9.38. The zero-order valence-electron chi connectivity index (χ0n) is 15.5. The number of nitrogens with zero attached hydrogens (tertiary/aromatic N) is 5. The summed E-state index contributed by atoms with van der Waals surface area (Å²) < 4.78 is 2.01. The van der Waals surface area contributed by atoms with E-state index in [1.54, 1.807) is 19.0 Å². The van der Waals surface area contributed by atoms with Crippen LogP contribution in [0.15, 0.2) is 42.5 Å². The van der Waals surface area contributed by atoms with Crippen molar-refractivity contribution >= 4 is 29.1 Å². The van der Waals surface area contributed by atoms with Crippen molar-refractivity contribution in [2.24, 2.45) is 0 Å². The van der Waals surface area contributed by atoms with Gasteiger partial charge in [0, 0.05) is 36.9 Å². The molecule has 1 aliphatic heterocycles. The summed E-state index contributed by atoms with van der Waals surface area (Å²) >= 11 is 6.03. The molecule has 1 aromatic heterocycles. The second-order valence-corrected chi connectivity index (χ2v) is 7.24. The Balaban J connectivity index is 1.79. The van der Waals surface area contributed by atoms with Crippen LogP contribution >= 0.6 is 11.6 Å². The minimum Gasteiger partial charge on any atom is -0.345 e. The number of anilines is 2. The van der Waals surface area contributed by atoms with Crippen molar-refractivity contribution in [1.82, 2.24) is 19.7 Å². The fraction of sp³-hybridized carbons (Fsp3) is 0.250. The Morgan fingerprint density at radius 3 is 2.56 bits per heavy atom. The van der Waals surface area contributed by atoms with Gasteiger partial charge in [-0.3, -0.25) is 9.36 Å². The van der Waals surface area contributed by atoms with Crippen LogP contribution in [0.25, 0.3) is 5.69 Å². The van der Waals surface area contributed by atoms with Crippen LogP contribution < -0.4 is 4.90 Å². The van der Waals surface area contributed by atoms with Gasteiger partial charge in [-0.25, -0.2) is 0 Å². The molecule has 0 N–H and O–H groups in total. The van der Waals surface area contributed by atoms with E-state index in [4.69, 9.17) is 11.6 Å². The number of carbonyl (C=O) groups excluding carboxylic acids is 1. The Kier molecular flexibility index (Phi) is 4.36. The predicted octanol–water partition coefficient (Wildman–Crippen LogP) is 3.63. The van der Waals surface area contributed by atoms with E-state index in [1.807, 2.05) is 54.0 Å². The van der Waals surface area contributed by atoms with Gasteiger partial charge in [-0.05, 0) is 55.3 Å². The average molecular weight is 382 g/mol. The first-order chi connectivity index (χ1) is 13.0. The Morgan fingerprint density at radius 2 is 1.85 bits per heavy atom. The number of benzene rings is 2. The molecule has 27 heavy (non-hydrogen) atoms. The molecule has 0 saturated heterocycles. The zero-order chi connectivity index (χ0) is 19.1. The number of rotatable bonds is 3. The normalized spacial score (nSPS) is 13.0. The van der Waals surface area contributed by atoms with Crippen molar-refractivity contribution < 1.29 is 4.79 Å². The monoisotopic (exact) mass is 381 g/mol. The molecule has 0 atom stereocenters. The molecule has 0 unspecified atom stereocenters. The van der Waals surface area contributed by atoms with Crippen molar-refractivity contribution in [2.45, 2.75) is 13.3 Å². The van der Waals surface area contributed by atoms with E-state index in [1.165, 1.54) is 5.56 Å². The zero-order valence-corrected chi connectivity index (χ0v) is 16.2. The van der Waals surface area contributed by atoms with Gasteiger partial charge in [-0.1, -0.05) is 17.7 Å². The molecule has 0 spiro atoms. The Bertz CT molecular complexity index is 1010. The van der Waals surface area contributed by atoms with Crippen molar-refractivity contribution in [2.75, 3.05) is 25.5 Å². The Morgan fingerprint density at radius 1 is 1.11 bits per heavy atom. The first kappa shape index (κ1) is 17.5. The summed E-state index contributed by atoms with van der Waals surface area (Å²) in [6, 6.07) is 13.5. The predicted molar refractivity (Wildman–Crippen MR) is 106 cm³/mol. The van der Waals surface area contributed by atoms with Crippen LogP contribution in [0.1, 0.15) is 21.7 Å². The first-order valence-corrected chi connectivity index (χ1v) is 9.13. The van der Waals surface area contributed by atoms with Gasteiger partial charge in [0.1, 0.15) is 5.82 Å². The number of amides is 1. The highest BCUT2D eigenvalue weighted by Crippen LogP contribution is 2.36. The highest BCUT2D eigenvalue weighted by Gasteiger charge is 2.27. The van der Waals surface area contributed by atoms with Crippen LogP contribution in [-0.4, -0.2) is 46.2 Å². The fourth-order valence-corrected chi connectivity index (χ4v) is 3.52. The molecule has 0 saturated carbocycles. The van der Waals surface area contributed by atoms with E-state index in [-0.39, 0.29) is 5.91 Å². The van der Waals surface area contributed by atoms with E-state index in [0.717, 1.165) is 36.1 Å². The molecule has 0 bridgehead atoms. The third-order valence-corrected chi connectivity index (χ3v) is 5.02. The van der Waals surface area contributed by atoms with E-state index in [2.05, 4.69) is 15.1 Å². The maximum Gasteiger partial charge on any atom is 0.253 e. The van der Waals surface area contributed by atoms with E-state index in [0.29, 0.717) is 10.6 Å². The van der Waals surface area contributed by atoms with Crippen molar-refractivity contribution in [3.63, 3.8) is 0 Å². The molecule has 2 aromatic carbocycles. The quantitative estimate of drug-likeness (QED) is 0.695. The van der Waals surface area contributed by atoms with Crippen LogP contribution in [0.5, 0.6) is 0 Å². The second-order valence-electron chi connectivity index (χ2n) is 6.80. The van der Waals surface area contributed by atoms with Gasteiger partial charge in [0.2, 0.25) is 5.95 Å². The number of halogens is 1. The molecule has 0 aliphatic carbocycles. The van der Waals surface area contributed by atoms with Gasteiger partial charge >= 0.3 is 0 Å². The first-order valence-electron chi connectivity index (χ1n) is 8.76. The average Bonchev–Trinajstić information content (AvgIpc) is 3.24. The molecule has 7 heteroatoms. The molecule has 1 aliphatic rings. The van der Waals surface area contributed by atoms with E-state index < -0.39 is 0 Å². The third kappa shape index (κ3) is 3.06. The SMILES string of the molecule is Cc1nnc(N2CCc3ccc(C(=O)N(C)C)cc32)n1-c1ccc(Cl)cc1. The summed E-state index contributed by atoms with van der Waals surface area (Å²) in [4.78, 5) is 16.1. The van der Waals surface area contributed by atoms with Crippen molar-refractivity contribution in [1.29, 1.82) is 0 Å². The molecular formula is C20H20ClN5O. The smallest absolute Gasteiger partial charge is 0.253 e. The summed E-state index contributed by atoms with van der Waals surface area (Å²) in [5.74, 6) is 1.52. The molecule has 0 radical (unpaired) electrons. The summed E-state index contributed by atoms with van der Waals surface area (Å²) in [5.41, 5.74) is 3.82. The number of hydrogen-bond donors (Lipinski definition) is 0. The molecular weight excluding hydrogens is 362 g/mol. The van der Waals surface area contributed by atoms with Crippen molar-refractivity contribution in [3.05, 3.63) is 64.4 Å². The highest BCUT2D eigenvalue weighted by molar-refractivity contribution is 6.30. The van der Waals surface area contributed by atoms with Crippen LogP contribution in [-0.2, 0) is 6.42 Å². The standard InChI is InChI=1S/C20H20ClN5O/c1-13-22-23-20(26(13)17-8-6-16(21)7-9-17)25-11-10-14-4-5-15(12-18(14)25)19(27)24(2)3/h4-9,12H,10-11H2,1-3H3. The highest BCUT2D eigenvalue weighted by atomic mass is 35.5. The lowest BCUT2D eigenvalue weighted by atomic mass is 10.1.